The number of aliphatic hydroxyl groups is 1. The van der Waals surface area contributed by atoms with E-state index in [1.165, 1.54) is 0 Å². The fourth-order valence-electron chi connectivity index (χ4n) is 1.14. The molecule has 1 rings (SSSR count). The normalized spacial score (nSPS) is 9.77. The first-order valence-electron chi connectivity index (χ1n) is 4.15. The van der Waals surface area contributed by atoms with Crippen LogP contribution in [0, 0.1) is 0 Å². The van der Waals surface area contributed by atoms with Crippen LogP contribution in [0.2, 0.25) is 0 Å². The Labute approximate surface area is 77.3 Å². The van der Waals surface area contributed by atoms with Gasteiger partial charge < -0.3 is 15.3 Å². The Morgan fingerprint density at radius 2 is 2.31 bits per heavy atom. The monoisotopic (exact) mass is 182 g/mol. The zero-order valence-electron chi connectivity index (χ0n) is 7.58. The number of hydrogen-bond acceptors (Lipinski definition) is 4. The quantitative estimate of drug-likeness (QED) is 0.477. The molecule has 0 spiro atoms. The molecular formula is C9H14N2O2. The van der Waals surface area contributed by atoms with Crippen LogP contribution in [0.15, 0.2) is 18.2 Å². The van der Waals surface area contributed by atoms with Gasteiger partial charge in [-0.15, -0.1) is 0 Å². The Morgan fingerprint density at radius 1 is 1.54 bits per heavy atom. The minimum atomic E-state index is -0.0507. The van der Waals surface area contributed by atoms with E-state index < -0.39 is 0 Å². The van der Waals surface area contributed by atoms with Gasteiger partial charge in [0.25, 0.3) is 0 Å². The van der Waals surface area contributed by atoms with Gasteiger partial charge in [-0.2, -0.15) is 0 Å². The third kappa shape index (κ3) is 2.11. The molecule has 0 saturated heterocycles. The SMILES string of the molecule is CCOc1c(CO)cccc1NN. The molecule has 0 unspecified atom stereocenters. The number of para-hydroxylation sites is 1. The number of nitrogens with two attached hydrogens (primary N) is 1. The minimum absolute atomic E-state index is 0.0507. The second-order valence-corrected chi connectivity index (χ2v) is 2.53. The molecule has 0 atom stereocenters. The van der Waals surface area contributed by atoms with E-state index in [0.717, 1.165) is 5.56 Å². The Kier molecular flexibility index (Phi) is 3.54. The summed E-state index contributed by atoms with van der Waals surface area (Å²) in [6, 6.07) is 5.40. The van der Waals surface area contributed by atoms with Crippen molar-refractivity contribution in [1.82, 2.24) is 0 Å². The largest absolute Gasteiger partial charge is 0.491 e. The molecule has 0 heterocycles. The molecule has 0 aliphatic heterocycles. The molecule has 0 aliphatic rings. The van der Waals surface area contributed by atoms with Crippen LogP contribution in [0.1, 0.15) is 12.5 Å². The fraction of sp³-hybridized carbons (Fsp3) is 0.333. The van der Waals surface area contributed by atoms with Crippen molar-refractivity contribution in [3.63, 3.8) is 0 Å². The highest BCUT2D eigenvalue weighted by atomic mass is 16.5. The first kappa shape index (κ1) is 9.83. The van der Waals surface area contributed by atoms with Crippen molar-refractivity contribution < 1.29 is 9.84 Å². The maximum absolute atomic E-state index is 9.02. The van der Waals surface area contributed by atoms with Crippen molar-refractivity contribution >= 4 is 5.69 Å². The smallest absolute Gasteiger partial charge is 0.149 e. The van der Waals surface area contributed by atoms with E-state index >= 15 is 0 Å². The molecule has 4 heteroatoms. The van der Waals surface area contributed by atoms with Gasteiger partial charge >= 0.3 is 0 Å². The summed E-state index contributed by atoms with van der Waals surface area (Å²) in [5, 5.41) is 9.02. The Balaban J connectivity index is 3.05. The van der Waals surface area contributed by atoms with Gasteiger partial charge in [0.1, 0.15) is 5.75 Å². The molecule has 1 aromatic rings. The van der Waals surface area contributed by atoms with Crippen LogP contribution < -0.4 is 16.0 Å². The number of aliphatic hydroxyl groups excluding tert-OH is 1. The first-order valence-corrected chi connectivity index (χ1v) is 4.15. The second kappa shape index (κ2) is 4.69. The van der Waals surface area contributed by atoms with E-state index in [1.54, 1.807) is 12.1 Å². The second-order valence-electron chi connectivity index (χ2n) is 2.53. The number of ether oxygens (including phenoxy) is 1. The number of hydrogen-bond donors (Lipinski definition) is 3. The van der Waals surface area contributed by atoms with Gasteiger partial charge in [0, 0.05) is 5.56 Å². The molecule has 0 bridgehead atoms. The molecule has 0 aromatic heterocycles. The molecule has 0 fully saturated rings. The average molecular weight is 182 g/mol. The highest BCUT2D eigenvalue weighted by molar-refractivity contribution is 5.59. The summed E-state index contributed by atoms with van der Waals surface area (Å²) in [6.45, 7) is 2.38. The van der Waals surface area contributed by atoms with Gasteiger partial charge in [-0.3, -0.25) is 5.84 Å². The van der Waals surface area contributed by atoms with E-state index in [1.807, 2.05) is 13.0 Å². The number of nitrogen functional groups attached to an aromatic ring is 1. The predicted octanol–water partition coefficient (Wildman–Crippen LogP) is 0.863. The van der Waals surface area contributed by atoms with Crippen LogP contribution in [0.4, 0.5) is 5.69 Å². The van der Waals surface area contributed by atoms with Crippen molar-refractivity contribution in [2.45, 2.75) is 13.5 Å². The number of benzene rings is 1. The third-order valence-corrected chi connectivity index (χ3v) is 1.71. The summed E-state index contributed by atoms with van der Waals surface area (Å²) in [5.74, 6) is 5.91. The Morgan fingerprint density at radius 3 is 2.85 bits per heavy atom. The van der Waals surface area contributed by atoms with Crippen molar-refractivity contribution in [1.29, 1.82) is 0 Å². The lowest BCUT2D eigenvalue weighted by Gasteiger charge is -2.12. The molecule has 13 heavy (non-hydrogen) atoms. The molecule has 4 N–H and O–H groups in total. The third-order valence-electron chi connectivity index (χ3n) is 1.71. The highest BCUT2D eigenvalue weighted by Crippen LogP contribution is 2.28. The molecule has 0 radical (unpaired) electrons. The lowest BCUT2D eigenvalue weighted by Crippen LogP contribution is -2.10. The van der Waals surface area contributed by atoms with Crippen LogP contribution in [0.25, 0.3) is 0 Å². The van der Waals surface area contributed by atoms with Gasteiger partial charge in [-0.1, -0.05) is 12.1 Å². The number of rotatable bonds is 4. The van der Waals surface area contributed by atoms with E-state index in [0.29, 0.717) is 18.0 Å². The van der Waals surface area contributed by atoms with Crippen molar-refractivity contribution in [2.75, 3.05) is 12.0 Å². The van der Waals surface area contributed by atoms with E-state index in [9.17, 15) is 0 Å². The van der Waals surface area contributed by atoms with E-state index in [2.05, 4.69) is 5.43 Å². The van der Waals surface area contributed by atoms with Crippen molar-refractivity contribution in [3.05, 3.63) is 23.8 Å². The lowest BCUT2D eigenvalue weighted by molar-refractivity contribution is 0.267. The Hall–Kier alpha value is -1.26. The molecule has 0 saturated carbocycles. The van der Waals surface area contributed by atoms with Gasteiger partial charge in [-0.25, -0.2) is 0 Å². The first-order chi connectivity index (χ1) is 6.33. The molecule has 0 aliphatic carbocycles. The molecule has 0 amide bonds. The summed E-state index contributed by atoms with van der Waals surface area (Å²) in [6.07, 6.45) is 0. The van der Waals surface area contributed by atoms with Crippen LogP contribution in [0.5, 0.6) is 5.75 Å². The van der Waals surface area contributed by atoms with Crippen LogP contribution in [-0.2, 0) is 6.61 Å². The average Bonchev–Trinajstić information content (AvgIpc) is 2.18. The molecule has 1 aromatic carbocycles. The van der Waals surface area contributed by atoms with Gasteiger partial charge in [0.15, 0.2) is 0 Å². The van der Waals surface area contributed by atoms with Gasteiger partial charge in [0.05, 0.1) is 18.9 Å². The zero-order chi connectivity index (χ0) is 9.68. The van der Waals surface area contributed by atoms with Crippen LogP contribution >= 0.6 is 0 Å². The standard InChI is InChI=1S/C9H14N2O2/c1-2-13-9-7(6-12)4-3-5-8(9)11-10/h3-5,11-12H,2,6,10H2,1H3. The molecule has 4 nitrogen and oxygen atoms in total. The maximum Gasteiger partial charge on any atom is 0.149 e. The van der Waals surface area contributed by atoms with Crippen molar-refractivity contribution in [3.8, 4) is 5.75 Å². The minimum Gasteiger partial charge on any atom is -0.491 e. The van der Waals surface area contributed by atoms with Gasteiger partial charge in [0.2, 0.25) is 0 Å². The summed E-state index contributed by atoms with van der Waals surface area (Å²) < 4.78 is 5.35. The summed E-state index contributed by atoms with van der Waals surface area (Å²) in [5.41, 5.74) is 3.94. The number of hydrazine groups is 1. The fourth-order valence-corrected chi connectivity index (χ4v) is 1.14. The van der Waals surface area contributed by atoms with E-state index in [4.69, 9.17) is 15.7 Å². The van der Waals surface area contributed by atoms with Crippen LogP contribution in [0.3, 0.4) is 0 Å². The summed E-state index contributed by atoms with van der Waals surface area (Å²) in [4.78, 5) is 0. The van der Waals surface area contributed by atoms with Crippen molar-refractivity contribution in [2.24, 2.45) is 5.84 Å². The maximum atomic E-state index is 9.02. The highest BCUT2D eigenvalue weighted by Gasteiger charge is 2.06. The number of nitrogens with one attached hydrogen (secondary N) is 1. The molecular weight excluding hydrogens is 168 g/mol. The van der Waals surface area contributed by atoms with Gasteiger partial charge in [-0.05, 0) is 13.0 Å². The zero-order valence-corrected chi connectivity index (χ0v) is 7.58. The summed E-state index contributed by atoms with van der Waals surface area (Å²) >= 11 is 0. The Bertz CT molecular complexity index is 254. The topological polar surface area (TPSA) is 67.5 Å². The van der Waals surface area contributed by atoms with E-state index in [-0.39, 0.29) is 6.61 Å². The van der Waals surface area contributed by atoms with Crippen LogP contribution in [-0.4, -0.2) is 11.7 Å². The number of anilines is 1. The summed E-state index contributed by atoms with van der Waals surface area (Å²) in [7, 11) is 0. The predicted molar refractivity (Wildman–Crippen MR) is 51.3 cm³/mol. The molecule has 72 valence electrons. The lowest BCUT2D eigenvalue weighted by atomic mass is 10.2.